The standard InChI is InChI=1S/C26H16Cl5F2NO2/c1-12(32)19-10-17(33)3-2-13(19)8-22(35)20-11-18(4-5-21(20)29)34-25(36)24-23(26(24,30)31)14-6-15(27)9-16(28)7-14/h2-7,9-11,23-24H,1,8H2,(H,34,36). The van der Waals surface area contributed by atoms with Gasteiger partial charge in [0.25, 0.3) is 0 Å². The van der Waals surface area contributed by atoms with Gasteiger partial charge in [-0.2, -0.15) is 0 Å². The van der Waals surface area contributed by atoms with Gasteiger partial charge in [-0.3, -0.25) is 9.59 Å². The van der Waals surface area contributed by atoms with Crippen molar-refractivity contribution in [2.75, 3.05) is 5.32 Å². The number of anilines is 1. The van der Waals surface area contributed by atoms with Gasteiger partial charge in [-0.15, -0.1) is 23.2 Å². The molecule has 36 heavy (non-hydrogen) atoms. The van der Waals surface area contributed by atoms with Crippen LogP contribution in [-0.2, 0) is 11.2 Å². The number of rotatable bonds is 7. The molecular formula is C26H16Cl5F2NO2. The molecule has 0 radical (unpaired) electrons. The van der Waals surface area contributed by atoms with Gasteiger partial charge in [0.05, 0.1) is 10.9 Å². The maximum atomic E-state index is 13.8. The van der Waals surface area contributed by atoms with E-state index in [0.717, 1.165) is 12.1 Å². The lowest BCUT2D eigenvalue weighted by molar-refractivity contribution is -0.117. The molecule has 4 rings (SSSR count). The van der Waals surface area contributed by atoms with E-state index >= 15 is 0 Å². The number of ketones is 1. The number of halogens is 7. The van der Waals surface area contributed by atoms with Crippen LogP contribution in [0.4, 0.5) is 14.5 Å². The molecule has 1 saturated carbocycles. The Morgan fingerprint density at radius 2 is 1.61 bits per heavy atom. The van der Waals surface area contributed by atoms with Crippen LogP contribution < -0.4 is 5.32 Å². The summed E-state index contributed by atoms with van der Waals surface area (Å²) >= 11 is 31.2. The Balaban J connectivity index is 1.53. The van der Waals surface area contributed by atoms with E-state index in [1.807, 2.05) is 0 Å². The zero-order valence-electron chi connectivity index (χ0n) is 18.2. The summed E-state index contributed by atoms with van der Waals surface area (Å²) in [5.74, 6) is -3.81. The second kappa shape index (κ2) is 10.3. The number of nitrogens with one attached hydrogen (secondary N) is 1. The molecule has 186 valence electrons. The molecule has 2 atom stereocenters. The summed E-state index contributed by atoms with van der Waals surface area (Å²) in [5.41, 5.74) is 1.13. The highest BCUT2D eigenvalue weighted by Gasteiger charge is 2.67. The summed E-state index contributed by atoms with van der Waals surface area (Å²) in [6, 6.07) is 12.6. The molecule has 0 saturated heterocycles. The topological polar surface area (TPSA) is 46.2 Å². The molecule has 1 fully saturated rings. The molecule has 1 amide bonds. The number of carbonyl (C=O) groups is 2. The Labute approximate surface area is 230 Å². The van der Waals surface area contributed by atoms with Crippen LogP contribution in [0.2, 0.25) is 15.1 Å². The van der Waals surface area contributed by atoms with Gasteiger partial charge >= 0.3 is 0 Å². The summed E-state index contributed by atoms with van der Waals surface area (Å²) in [6.07, 6.45) is -0.262. The van der Waals surface area contributed by atoms with Crippen molar-refractivity contribution in [1.82, 2.24) is 0 Å². The van der Waals surface area contributed by atoms with E-state index in [1.165, 1.54) is 24.3 Å². The zero-order chi connectivity index (χ0) is 26.4. The number of alkyl halides is 2. The molecule has 3 aromatic rings. The summed E-state index contributed by atoms with van der Waals surface area (Å²) in [5, 5.41) is 3.60. The first kappa shape index (κ1) is 26.9. The quantitative estimate of drug-likeness (QED) is 0.221. The van der Waals surface area contributed by atoms with E-state index in [0.29, 0.717) is 15.6 Å². The Bertz CT molecular complexity index is 1390. The van der Waals surface area contributed by atoms with Crippen LogP contribution in [0.1, 0.15) is 33.0 Å². The van der Waals surface area contributed by atoms with Crippen LogP contribution in [0.5, 0.6) is 0 Å². The number of amides is 1. The number of hydrogen-bond acceptors (Lipinski definition) is 2. The van der Waals surface area contributed by atoms with E-state index < -0.39 is 39.5 Å². The predicted molar refractivity (Wildman–Crippen MR) is 142 cm³/mol. The average molecular weight is 590 g/mol. The molecule has 10 heteroatoms. The fourth-order valence-electron chi connectivity index (χ4n) is 4.08. The van der Waals surface area contributed by atoms with E-state index in [4.69, 9.17) is 58.0 Å². The Morgan fingerprint density at radius 1 is 0.944 bits per heavy atom. The van der Waals surface area contributed by atoms with Gasteiger partial charge in [0, 0.05) is 39.2 Å². The second-order valence-corrected chi connectivity index (χ2v) is 11.0. The van der Waals surface area contributed by atoms with Gasteiger partial charge < -0.3 is 5.32 Å². The monoisotopic (exact) mass is 587 g/mol. The smallest absolute Gasteiger partial charge is 0.231 e. The molecule has 0 heterocycles. The van der Waals surface area contributed by atoms with Crippen LogP contribution in [0.3, 0.4) is 0 Å². The van der Waals surface area contributed by atoms with Crippen LogP contribution in [0.15, 0.2) is 61.2 Å². The third-order valence-corrected chi connectivity index (χ3v) is 7.54. The van der Waals surface area contributed by atoms with Crippen molar-refractivity contribution >= 4 is 81.2 Å². The van der Waals surface area contributed by atoms with Crippen molar-refractivity contribution < 1.29 is 18.4 Å². The molecule has 0 bridgehead atoms. The summed E-state index contributed by atoms with van der Waals surface area (Å²) in [7, 11) is 0. The minimum absolute atomic E-state index is 0.0891. The Morgan fingerprint density at radius 3 is 2.25 bits per heavy atom. The van der Waals surface area contributed by atoms with Crippen molar-refractivity contribution in [3.63, 3.8) is 0 Å². The minimum atomic E-state index is -1.38. The molecule has 3 aromatic carbocycles. The summed E-state index contributed by atoms with van der Waals surface area (Å²) < 4.78 is 25.9. The highest BCUT2D eigenvalue weighted by molar-refractivity contribution is 6.53. The molecule has 2 unspecified atom stereocenters. The molecule has 3 nitrogen and oxygen atoms in total. The van der Waals surface area contributed by atoms with Gasteiger partial charge in [-0.25, -0.2) is 8.78 Å². The first-order valence-electron chi connectivity index (χ1n) is 10.5. The fraction of sp³-hybridized carbons (Fsp3) is 0.154. The normalized spacial score (nSPS) is 18.0. The molecule has 0 aromatic heterocycles. The van der Waals surface area contributed by atoms with Crippen LogP contribution in [0, 0.1) is 11.7 Å². The number of hydrogen-bond donors (Lipinski definition) is 1. The fourth-order valence-corrected chi connectivity index (χ4v) is 5.68. The minimum Gasteiger partial charge on any atom is -0.326 e. The molecule has 1 aliphatic carbocycles. The van der Waals surface area contributed by atoms with Crippen LogP contribution in [-0.4, -0.2) is 16.0 Å². The lowest BCUT2D eigenvalue weighted by Gasteiger charge is -2.11. The second-order valence-electron chi connectivity index (χ2n) is 8.32. The SMILES string of the molecule is C=C(F)c1cc(F)ccc1CC(=O)c1cc(NC(=O)C2C(c3cc(Cl)cc(Cl)c3)C2(Cl)Cl)ccc1Cl. The summed E-state index contributed by atoms with van der Waals surface area (Å²) in [4.78, 5) is 26.0. The number of carbonyl (C=O) groups excluding carboxylic acids is 2. The lowest BCUT2D eigenvalue weighted by atomic mass is 9.98. The van der Waals surface area contributed by atoms with Crippen LogP contribution >= 0.6 is 58.0 Å². The Hall–Kier alpha value is -2.15. The van der Waals surface area contributed by atoms with E-state index in [1.54, 1.807) is 18.2 Å². The first-order chi connectivity index (χ1) is 16.9. The van der Waals surface area contributed by atoms with Crippen molar-refractivity contribution in [1.29, 1.82) is 0 Å². The van der Waals surface area contributed by atoms with Gasteiger partial charge in [0.1, 0.15) is 16.0 Å². The molecule has 0 spiro atoms. The van der Waals surface area contributed by atoms with Crippen molar-refractivity contribution in [3.8, 4) is 0 Å². The maximum absolute atomic E-state index is 13.8. The molecule has 1 aliphatic rings. The van der Waals surface area contributed by atoms with Crippen molar-refractivity contribution in [2.24, 2.45) is 5.92 Å². The highest BCUT2D eigenvalue weighted by Crippen LogP contribution is 2.65. The molecular weight excluding hydrogens is 574 g/mol. The predicted octanol–water partition coefficient (Wildman–Crippen LogP) is 8.68. The lowest BCUT2D eigenvalue weighted by Crippen LogP contribution is -2.17. The van der Waals surface area contributed by atoms with Gasteiger partial charge in [-0.05, 0) is 59.7 Å². The molecule has 1 N–H and O–H groups in total. The van der Waals surface area contributed by atoms with Gasteiger partial charge in [-0.1, -0.05) is 47.4 Å². The highest BCUT2D eigenvalue weighted by atomic mass is 35.5. The first-order valence-corrected chi connectivity index (χ1v) is 12.4. The average Bonchev–Trinajstić information content (AvgIpc) is 3.37. The van der Waals surface area contributed by atoms with Crippen molar-refractivity contribution in [3.05, 3.63) is 104 Å². The van der Waals surface area contributed by atoms with E-state index in [9.17, 15) is 18.4 Å². The zero-order valence-corrected chi connectivity index (χ0v) is 22.0. The third kappa shape index (κ3) is 5.56. The molecule has 0 aliphatic heterocycles. The van der Waals surface area contributed by atoms with Crippen LogP contribution in [0.25, 0.3) is 5.83 Å². The number of benzene rings is 3. The van der Waals surface area contributed by atoms with E-state index in [-0.39, 0.29) is 33.8 Å². The summed E-state index contributed by atoms with van der Waals surface area (Å²) in [6.45, 7) is 3.19. The third-order valence-electron chi connectivity index (χ3n) is 5.83. The Kier molecular flexibility index (Phi) is 7.70. The van der Waals surface area contributed by atoms with Gasteiger partial charge in [0.15, 0.2) is 5.78 Å². The largest absolute Gasteiger partial charge is 0.326 e. The van der Waals surface area contributed by atoms with Gasteiger partial charge in [0.2, 0.25) is 5.91 Å². The van der Waals surface area contributed by atoms with E-state index in [2.05, 4.69) is 11.9 Å². The number of Topliss-reactive ketones (excluding diaryl/α,β-unsaturated/α-hetero) is 1. The maximum Gasteiger partial charge on any atom is 0.231 e. The van der Waals surface area contributed by atoms with Crippen molar-refractivity contribution in [2.45, 2.75) is 16.7 Å².